The van der Waals surface area contributed by atoms with E-state index < -0.39 is 11.2 Å². The van der Waals surface area contributed by atoms with Gasteiger partial charge in [0.05, 0.1) is 6.10 Å². The lowest BCUT2D eigenvalue weighted by molar-refractivity contribution is -0.135. The molecule has 20 heavy (non-hydrogen) atoms. The van der Waals surface area contributed by atoms with Gasteiger partial charge in [0.2, 0.25) is 0 Å². The van der Waals surface area contributed by atoms with Gasteiger partial charge in [-0.25, -0.2) is 0 Å². The van der Waals surface area contributed by atoms with Gasteiger partial charge in [0, 0.05) is 20.0 Å². The largest absolute Gasteiger partial charge is 0.378 e. The summed E-state index contributed by atoms with van der Waals surface area (Å²) in [6, 6.07) is 0. The quantitative estimate of drug-likeness (QED) is 0.740. The minimum atomic E-state index is -0.739. The van der Waals surface area contributed by atoms with Gasteiger partial charge in [-0.1, -0.05) is 6.92 Å². The van der Waals surface area contributed by atoms with Crippen molar-refractivity contribution in [2.75, 3.05) is 7.11 Å². The molecule has 0 radical (unpaired) electrons. The first-order valence-corrected chi connectivity index (χ1v) is 7.46. The van der Waals surface area contributed by atoms with Crippen LogP contribution in [0.5, 0.6) is 0 Å². The van der Waals surface area contributed by atoms with Crippen LogP contribution >= 0.6 is 0 Å². The van der Waals surface area contributed by atoms with Crippen LogP contribution < -0.4 is 0 Å². The van der Waals surface area contributed by atoms with E-state index in [0.29, 0.717) is 24.7 Å². The molecule has 3 rings (SSSR count). The summed E-state index contributed by atoms with van der Waals surface area (Å²) in [6.07, 6.45) is 1.85. The van der Waals surface area contributed by atoms with Crippen molar-refractivity contribution in [3.63, 3.8) is 0 Å². The second-order valence-corrected chi connectivity index (χ2v) is 7.48. The van der Waals surface area contributed by atoms with E-state index in [1.54, 1.807) is 14.0 Å². The second-order valence-electron chi connectivity index (χ2n) is 7.48. The van der Waals surface area contributed by atoms with Gasteiger partial charge in [-0.15, -0.1) is 0 Å². The standard InChI is InChI=1S/C16H24O4/c1-9(17)6-7-10-12-13(19-5)16(14(2,3)20-16)11(18)8-15(10,12)4/h10,12-13H,6-8H2,1-5H3. The summed E-state index contributed by atoms with van der Waals surface area (Å²) in [7, 11) is 1.67. The van der Waals surface area contributed by atoms with Crippen LogP contribution in [0.1, 0.15) is 47.0 Å². The zero-order valence-electron chi connectivity index (χ0n) is 13.0. The first-order valence-electron chi connectivity index (χ1n) is 7.46. The molecule has 1 saturated heterocycles. The number of carbonyl (C=O) groups excluding carboxylic acids is 2. The molecule has 0 bridgehead atoms. The van der Waals surface area contributed by atoms with E-state index in [0.717, 1.165) is 6.42 Å². The van der Waals surface area contributed by atoms with E-state index in [2.05, 4.69) is 6.92 Å². The number of methoxy groups -OCH3 is 1. The predicted octanol–water partition coefficient (Wildman–Crippen LogP) is 2.14. The van der Waals surface area contributed by atoms with E-state index in [9.17, 15) is 9.59 Å². The molecule has 0 aromatic carbocycles. The van der Waals surface area contributed by atoms with Gasteiger partial charge in [0.1, 0.15) is 11.4 Å². The van der Waals surface area contributed by atoms with Gasteiger partial charge < -0.3 is 14.3 Å². The highest BCUT2D eigenvalue weighted by atomic mass is 16.7. The Hall–Kier alpha value is -0.740. The van der Waals surface area contributed by atoms with Crippen LogP contribution in [0.3, 0.4) is 0 Å². The highest BCUT2D eigenvalue weighted by Gasteiger charge is 2.83. The summed E-state index contributed by atoms with van der Waals surface area (Å²) in [5.41, 5.74) is -1.16. The maximum absolute atomic E-state index is 12.6. The Morgan fingerprint density at radius 3 is 2.45 bits per heavy atom. The van der Waals surface area contributed by atoms with Gasteiger partial charge in [0.25, 0.3) is 0 Å². The van der Waals surface area contributed by atoms with Gasteiger partial charge in [-0.3, -0.25) is 4.79 Å². The number of hydrogen-bond donors (Lipinski definition) is 0. The lowest BCUT2D eigenvalue weighted by atomic mass is 9.74. The maximum atomic E-state index is 12.6. The van der Waals surface area contributed by atoms with Gasteiger partial charge in [-0.2, -0.15) is 0 Å². The Balaban J connectivity index is 1.84. The van der Waals surface area contributed by atoms with Gasteiger partial charge in [-0.05, 0) is 44.4 Å². The summed E-state index contributed by atoms with van der Waals surface area (Å²) in [5.74, 6) is 1.14. The number of ether oxygens (including phenoxy) is 2. The molecule has 0 aromatic rings. The molecule has 3 aliphatic rings. The van der Waals surface area contributed by atoms with Crippen LogP contribution in [0.15, 0.2) is 0 Å². The zero-order valence-corrected chi connectivity index (χ0v) is 13.0. The topological polar surface area (TPSA) is 55.9 Å². The molecule has 2 saturated carbocycles. The Bertz CT molecular complexity index is 483. The van der Waals surface area contributed by atoms with Crippen molar-refractivity contribution in [2.24, 2.45) is 17.3 Å². The molecule has 1 aliphatic heterocycles. The van der Waals surface area contributed by atoms with Crippen LogP contribution in [0.2, 0.25) is 0 Å². The molecular weight excluding hydrogens is 256 g/mol. The summed E-state index contributed by atoms with van der Waals surface area (Å²) in [5, 5.41) is 0. The lowest BCUT2D eigenvalue weighted by Gasteiger charge is -2.31. The van der Waals surface area contributed by atoms with Crippen LogP contribution in [0.4, 0.5) is 0 Å². The third kappa shape index (κ3) is 1.55. The fraction of sp³-hybridized carbons (Fsp3) is 0.875. The smallest absolute Gasteiger partial charge is 0.181 e. The van der Waals surface area contributed by atoms with Crippen molar-refractivity contribution in [2.45, 2.75) is 64.3 Å². The zero-order chi connectivity index (χ0) is 14.9. The Morgan fingerprint density at radius 1 is 1.40 bits per heavy atom. The number of carbonyl (C=O) groups is 2. The van der Waals surface area contributed by atoms with Crippen LogP contribution in [0.25, 0.3) is 0 Å². The average molecular weight is 280 g/mol. The van der Waals surface area contributed by atoms with Crippen molar-refractivity contribution in [3.05, 3.63) is 0 Å². The van der Waals surface area contributed by atoms with Gasteiger partial charge >= 0.3 is 0 Å². The molecule has 4 nitrogen and oxygen atoms in total. The molecule has 112 valence electrons. The summed E-state index contributed by atoms with van der Waals surface area (Å²) >= 11 is 0. The molecule has 0 aromatic heterocycles. The third-order valence-electron chi connectivity index (χ3n) is 5.95. The number of Topliss-reactive ketones (excluding diaryl/α,β-unsaturated/α-hetero) is 2. The number of fused-ring (bicyclic) bond motifs is 1. The Labute approximate surface area is 120 Å². The first-order chi connectivity index (χ1) is 9.20. The van der Waals surface area contributed by atoms with Crippen LogP contribution in [0, 0.1) is 17.3 Å². The Kier molecular flexibility index (Phi) is 2.78. The molecule has 0 amide bonds. The van der Waals surface area contributed by atoms with E-state index >= 15 is 0 Å². The molecular formula is C16H24O4. The second kappa shape index (κ2) is 3.92. The predicted molar refractivity (Wildman–Crippen MR) is 73.3 cm³/mol. The van der Waals surface area contributed by atoms with Crippen molar-refractivity contribution in [1.29, 1.82) is 0 Å². The summed E-state index contributed by atoms with van der Waals surface area (Å²) < 4.78 is 11.5. The van der Waals surface area contributed by atoms with Crippen molar-refractivity contribution >= 4 is 11.6 Å². The van der Waals surface area contributed by atoms with Crippen LogP contribution in [-0.2, 0) is 19.1 Å². The van der Waals surface area contributed by atoms with Gasteiger partial charge in [0.15, 0.2) is 11.4 Å². The highest BCUT2D eigenvalue weighted by Crippen LogP contribution is 2.73. The molecule has 1 spiro atoms. The molecule has 3 fully saturated rings. The van der Waals surface area contributed by atoms with E-state index in [4.69, 9.17) is 9.47 Å². The molecule has 1 heterocycles. The normalized spacial score (nSPS) is 48.0. The third-order valence-corrected chi connectivity index (χ3v) is 5.95. The SMILES string of the molecule is COC1C2C(CCC(C)=O)C2(C)CC(=O)C12OC2(C)C. The fourth-order valence-corrected chi connectivity index (χ4v) is 4.74. The van der Waals surface area contributed by atoms with Crippen LogP contribution in [-0.4, -0.2) is 36.0 Å². The first kappa shape index (κ1) is 14.2. The molecule has 2 aliphatic carbocycles. The lowest BCUT2D eigenvalue weighted by Crippen LogP contribution is -2.50. The number of rotatable bonds is 4. The van der Waals surface area contributed by atoms with E-state index in [-0.39, 0.29) is 23.1 Å². The molecule has 5 atom stereocenters. The number of hydrogen-bond acceptors (Lipinski definition) is 4. The van der Waals surface area contributed by atoms with E-state index in [1.807, 2.05) is 13.8 Å². The number of ketones is 2. The number of epoxide rings is 1. The molecule has 4 heteroatoms. The van der Waals surface area contributed by atoms with E-state index in [1.165, 1.54) is 0 Å². The van der Waals surface area contributed by atoms with Crippen molar-refractivity contribution in [3.8, 4) is 0 Å². The monoisotopic (exact) mass is 280 g/mol. The summed E-state index contributed by atoms with van der Waals surface area (Å²) in [4.78, 5) is 23.8. The average Bonchev–Trinajstić information content (AvgIpc) is 3.10. The fourth-order valence-electron chi connectivity index (χ4n) is 4.74. The Morgan fingerprint density at radius 2 is 2.00 bits per heavy atom. The minimum absolute atomic E-state index is 0.000486. The minimum Gasteiger partial charge on any atom is -0.378 e. The molecule has 0 N–H and O–H groups in total. The van der Waals surface area contributed by atoms with Crippen molar-refractivity contribution < 1.29 is 19.1 Å². The maximum Gasteiger partial charge on any atom is 0.181 e. The summed E-state index contributed by atoms with van der Waals surface area (Å²) in [6.45, 7) is 7.72. The molecule has 5 unspecified atom stereocenters. The highest BCUT2D eigenvalue weighted by molar-refractivity contribution is 5.95. The van der Waals surface area contributed by atoms with Crippen molar-refractivity contribution in [1.82, 2.24) is 0 Å².